The molecule has 0 radical (unpaired) electrons. The van der Waals surface area contributed by atoms with E-state index in [-0.39, 0.29) is 24.2 Å². The number of benzene rings is 3. The minimum atomic E-state index is -0.373. The molecule has 1 N–H and O–H groups in total. The van der Waals surface area contributed by atoms with Crippen LogP contribution in [0.4, 0.5) is 10.3 Å². The fourth-order valence-electron chi connectivity index (χ4n) is 3.79. The van der Waals surface area contributed by atoms with Crippen LogP contribution < -0.4 is 5.32 Å². The largest absolute Gasteiger partial charge is 0.289 e. The van der Waals surface area contributed by atoms with E-state index in [2.05, 4.69) is 15.4 Å². The van der Waals surface area contributed by atoms with Crippen molar-refractivity contribution in [2.24, 2.45) is 0 Å². The fourth-order valence-corrected chi connectivity index (χ4v) is 3.79. The fraction of sp³-hybridized carbons (Fsp3) is 0.0769. The standard InChI is InChI=1S/C26H21FN6O/c1-18-23(24(19-10-4-2-5-11-19)30-33(18)21-13-6-3-7-14-21)25(34)29-26-28-17-32(31-26)16-20-12-8-9-15-22(20)27/h2-15,17H,16H2,1H3,(H,29,31,34). The van der Waals surface area contributed by atoms with Gasteiger partial charge >= 0.3 is 0 Å². The first kappa shape index (κ1) is 21.3. The third-order valence-electron chi connectivity index (χ3n) is 5.44. The van der Waals surface area contributed by atoms with Crippen LogP contribution in [-0.4, -0.2) is 30.5 Å². The van der Waals surface area contributed by atoms with Crippen LogP contribution in [0, 0.1) is 12.7 Å². The Hall–Kier alpha value is -4.59. The number of anilines is 1. The normalized spacial score (nSPS) is 10.9. The van der Waals surface area contributed by atoms with Crippen LogP contribution in [0.2, 0.25) is 0 Å². The molecule has 0 saturated carbocycles. The van der Waals surface area contributed by atoms with E-state index in [0.717, 1.165) is 11.3 Å². The van der Waals surface area contributed by atoms with E-state index >= 15 is 0 Å². The Bertz CT molecular complexity index is 1440. The maximum Gasteiger partial charge on any atom is 0.262 e. The molecule has 1 amide bonds. The van der Waals surface area contributed by atoms with Crippen LogP contribution >= 0.6 is 0 Å². The van der Waals surface area contributed by atoms with Gasteiger partial charge in [-0.15, -0.1) is 5.10 Å². The van der Waals surface area contributed by atoms with Crippen molar-refractivity contribution >= 4 is 11.9 Å². The number of nitrogens with one attached hydrogen (secondary N) is 1. The summed E-state index contributed by atoms with van der Waals surface area (Å²) in [5.74, 6) is -0.561. The first-order valence-electron chi connectivity index (χ1n) is 10.7. The van der Waals surface area contributed by atoms with E-state index in [9.17, 15) is 9.18 Å². The smallest absolute Gasteiger partial charge is 0.262 e. The van der Waals surface area contributed by atoms with E-state index in [4.69, 9.17) is 5.10 Å². The second kappa shape index (κ2) is 9.11. The number of para-hydroxylation sites is 1. The molecule has 168 valence electrons. The number of rotatable bonds is 6. The minimum Gasteiger partial charge on any atom is -0.289 e. The van der Waals surface area contributed by atoms with Gasteiger partial charge in [-0.25, -0.2) is 18.7 Å². The number of carbonyl (C=O) groups excluding carboxylic acids is 1. The third kappa shape index (κ3) is 4.21. The lowest BCUT2D eigenvalue weighted by molar-refractivity contribution is 0.102. The Labute approximate surface area is 195 Å². The first-order valence-corrected chi connectivity index (χ1v) is 10.7. The van der Waals surface area contributed by atoms with Gasteiger partial charge in [0.05, 0.1) is 23.5 Å². The summed E-state index contributed by atoms with van der Waals surface area (Å²) in [7, 11) is 0. The zero-order valence-electron chi connectivity index (χ0n) is 18.4. The van der Waals surface area contributed by atoms with Gasteiger partial charge in [0.15, 0.2) is 0 Å². The predicted octanol–water partition coefficient (Wildman–Crippen LogP) is 4.88. The van der Waals surface area contributed by atoms with Crippen molar-refractivity contribution < 1.29 is 9.18 Å². The number of aromatic nitrogens is 5. The molecule has 8 heteroatoms. The molecule has 0 fully saturated rings. The van der Waals surface area contributed by atoms with E-state index in [1.54, 1.807) is 22.9 Å². The van der Waals surface area contributed by atoms with Crippen LogP contribution in [-0.2, 0) is 6.54 Å². The summed E-state index contributed by atoms with van der Waals surface area (Å²) in [6, 6.07) is 25.7. The van der Waals surface area contributed by atoms with Gasteiger partial charge in [-0.2, -0.15) is 5.10 Å². The first-order chi connectivity index (χ1) is 16.6. The van der Waals surface area contributed by atoms with Gasteiger partial charge in [0.1, 0.15) is 17.8 Å². The van der Waals surface area contributed by atoms with Gasteiger partial charge in [-0.05, 0) is 25.1 Å². The van der Waals surface area contributed by atoms with Crippen molar-refractivity contribution in [2.75, 3.05) is 5.32 Å². The molecule has 3 aromatic carbocycles. The number of hydrogen-bond donors (Lipinski definition) is 1. The average Bonchev–Trinajstić information content (AvgIpc) is 3.45. The van der Waals surface area contributed by atoms with Crippen LogP contribution in [0.15, 0.2) is 91.3 Å². The zero-order valence-corrected chi connectivity index (χ0v) is 18.4. The molecule has 5 aromatic rings. The molecular weight excluding hydrogens is 431 g/mol. The van der Waals surface area contributed by atoms with E-state index < -0.39 is 0 Å². The topological polar surface area (TPSA) is 77.6 Å². The molecular formula is C26H21FN6O. The molecule has 0 aliphatic rings. The highest BCUT2D eigenvalue weighted by Crippen LogP contribution is 2.28. The number of hydrogen-bond acceptors (Lipinski definition) is 4. The molecule has 0 saturated heterocycles. The molecule has 2 heterocycles. The highest BCUT2D eigenvalue weighted by molar-refractivity contribution is 6.08. The number of nitrogens with zero attached hydrogens (tertiary/aromatic N) is 5. The number of amides is 1. The maximum absolute atomic E-state index is 14.0. The zero-order chi connectivity index (χ0) is 23.5. The van der Waals surface area contributed by atoms with E-state index in [1.165, 1.54) is 17.1 Å². The highest BCUT2D eigenvalue weighted by atomic mass is 19.1. The summed E-state index contributed by atoms with van der Waals surface area (Å²) >= 11 is 0. The lowest BCUT2D eigenvalue weighted by Gasteiger charge is -2.05. The van der Waals surface area contributed by atoms with Crippen molar-refractivity contribution in [3.05, 3.63) is 114 Å². The summed E-state index contributed by atoms with van der Waals surface area (Å²) in [5.41, 5.74) is 3.84. The lowest BCUT2D eigenvalue weighted by atomic mass is 10.1. The molecule has 0 aliphatic carbocycles. The number of carbonyl (C=O) groups is 1. The minimum absolute atomic E-state index is 0.132. The molecule has 0 unspecified atom stereocenters. The van der Waals surface area contributed by atoms with Gasteiger partial charge in [0.25, 0.3) is 5.91 Å². The van der Waals surface area contributed by atoms with E-state index in [1.807, 2.05) is 67.6 Å². The van der Waals surface area contributed by atoms with Crippen molar-refractivity contribution in [1.29, 1.82) is 0 Å². The molecule has 0 bridgehead atoms. The molecule has 7 nitrogen and oxygen atoms in total. The van der Waals surface area contributed by atoms with Crippen molar-refractivity contribution in [1.82, 2.24) is 24.5 Å². The Morgan fingerprint density at radius 3 is 2.32 bits per heavy atom. The highest BCUT2D eigenvalue weighted by Gasteiger charge is 2.24. The molecule has 0 aliphatic heterocycles. The second-order valence-corrected chi connectivity index (χ2v) is 7.73. The predicted molar refractivity (Wildman–Crippen MR) is 127 cm³/mol. The average molecular weight is 452 g/mol. The summed E-state index contributed by atoms with van der Waals surface area (Å²) in [5, 5.41) is 11.8. The summed E-state index contributed by atoms with van der Waals surface area (Å²) in [6.45, 7) is 2.06. The Balaban J connectivity index is 1.46. The van der Waals surface area contributed by atoms with Gasteiger partial charge < -0.3 is 0 Å². The van der Waals surface area contributed by atoms with E-state index in [0.29, 0.717) is 22.5 Å². The molecule has 0 atom stereocenters. The second-order valence-electron chi connectivity index (χ2n) is 7.73. The van der Waals surface area contributed by atoms with Crippen molar-refractivity contribution in [2.45, 2.75) is 13.5 Å². The Morgan fingerprint density at radius 2 is 1.59 bits per heavy atom. The van der Waals surface area contributed by atoms with Crippen LogP contribution in [0.1, 0.15) is 21.6 Å². The van der Waals surface area contributed by atoms with Crippen molar-refractivity contribution in [3.63, 3.8) is 0 Å². The monoisotopic (exact) mass is 452 g/mol. The summed E-state index contributed by atoms with van der Waals surface area (Å²) in [4.78, 5) is 17.6. The third-order valence-corrected chi connectivity index (χ3v) is 5.44. The quantitative estimate of drug-likeness (QED) is 0.398. The SMILES string of the molecule is Cc1c(C(=O)Nc2ncn(Cc3ccccc3F)n2)c(-c2ccccc2)nn1-c1ccccc1. The number of halogens is 1. The molecule has 34 heavy (non-hydrogen) atoms. The van der Waals surface area contributed by atoms with Crippen molar-refractivity contribution in [3.8, 4) is 16.9 Å². The van der Waals surface area contributed by atoms with Gasteiger partial charge in [0.2, 0.25) is 5.95 Å². The van der Waals surface area contributed by atoms with Gasteiger partial charge in [-0.1, -0.05) is 66.7 Å². The van der Waals surface area contributed by atoms with Crippen LogP contribution in [0.5, 0.6) is 0 Å². The summed E-state index contributed by atoms with van der Waals surface area (Å²) in [6.07, 6.45) is 1.46. The molecule has 5 rings (SSSR count). The maximum atomic E-state index is 14.0. The molecule has 2 aromatic heterocycles. The van der Waals surface area contributed by atoms with Crippen LogP contribution in [0.3, 0.4) is 0 Å². The Morgan fingerprint density at radius 1 is 0.912 bits per heavy atom. The van der Waals surface area contributed by atoms with Gasteiger partial charge in [-0.3, -0.25) is 10.1 Å². The molecule has 0 spiro atoms. The Kier molecular flexibility index (Phi) is 5.70. The van der Waals surface area contributed by atoms with Crippen LogP contribution in [0.25, 0.3) is 16.9 Å². The van der Waals surface area contributed by atoms with Gasteiger partial charge in [0, 0.05) is 11.1 Å². The lowest BCUT2D eigenvalue weighted by Crippen LogP contribution is -2.15. The summed E-state index contributed by atoms with van der Waals surface area (Å²) < 4.78 is 17.2.